The first kappa shape index (κ1) is 14.7. The molecule has 1 amide bonds. The number of hydrogen-bond acceptors (Lipinski definition) is 3. The monoisotopic (exact) mass is 318 g/mol. The molecular weight excluding hydrogens is 292 g/mol. The summed E-state index contributed by atoms with van der Waals surface area (Å²) in [5, 5.41) is 3.27. The van der Waals surface area contributed by atoms with E-state index in [0.29, 0.717) is 5.91 Å². The van der Waals surface area contributed by atoms with Crippen molar-refractivity contribution in [1.29, 1.82) is 0 Å². The number of hydrogen-bond donors (Lipinski definition) is 1. The Labute approximate surface area is 136 Å². The summed E-state index contributed by atoms with van der Waals surface area (Å²) >= 11 is 1.73. The van der Waals surface area contributed by atoms with Crippen molar-refractivity contribution in [1.82, 2.24) is 10.3 Å². The van der Waals surface area contributed by atoms with Crippen LogP contribution in [-0.2, 0) is 11.2 Å². The van der Waals surface area contributed by atoms with Crippen LogP contribution in [0.2, 0.25) is 0 Å². The summed E-state index contributed by atoms with van der Waals surface area (Å²) in [6.45, 7) is 2.89. The molecule has 0 spiro atoms. The smallest absolute Gasteiger partial charge is 0.226 e. The predicted octanol–water partition coefficient (Wildman–Crippen LogP) is 3.72. The van der Waals surface area contributed by atoms with Gasteiger partial charge in [0.1, 0.15) is 0 Å². The fourth-order valence-corrected chi connectivity index (χ4v) is 6.42. The Hall–Kier alpha value is -0.900. The minimum Gasteiger partial charge on any atom is -0.356 e. The molecule has 0 aliphatic heterocycles. The Morgan fingerprint density at radius 2 is 1.91 bits per heavy atom. The van der Waals surface area contributed by atoms with E-state index in [0.717, 1.165) is 42.8 Å². The van der Waals surface area contributed by atoms with Crippen molar-refractivity contribution in [2.24, 2.45) is 23.2 Å². The number of amides is 1. The van der Waals surface area contributed by atoms with Crippen LogP contribution in [0.25, 0.3) is 0 Å². The average molecular weight is 318 g/mol. The zero-order valence-corrected chi connectivity index (χ0v) is 14.3. The van der Waals surface area contributed by atoms with Gasteiger partial charge in [0.15, 0.2) is 0 Å². The molecule has 5 rings (SSSR count). The topological polar surface area (TPSA) is 42.0 Å². The third-order valence-corrected chi connectivity index (χ3v) is 7.23. The van der Waals surface area contributed by atoms with Gasteiger partial charge in [-0.3, -0.25) is 4.79 Å². The second-order valence-corrected chi connectivity index (χ2v) is 8.86. The number of nitrogens with one attached hydrogen (secondary N) is 1. The lowest BCUT2D eigenvalue weighted by atomic mass is 9.49. The molecule has 0 unspecified atom stereocenters. The molecule has 0 saturated heterocycles. The molecule has 22 heavy (non-hydrogen) atoms. The maximum absolute atomic E-state index is 12.8. The van der Waals surface area contributed by atoms with Gasteiger partial charge in [-0.15, -0.1) is 11.3 Å². The third kappa shape index (κ3) is 2.60. The molecule has 1 heterocycles. The van der Waals surface area contributed by atoms with Crippen molar-refractivity contribution in [3.63, 3.8) is 0 Å². The van der Waals surface area contributed by atoms with Gasteiger partial charge in [-0.1, -0.05) is 0 Å². The molecule has 0 aromatic carbocycles. The fraction of sp³-hybridized carbons (Fsp3) is 0.778. The Bertz CT molecular complexity index is 530. The highest BCUT2D eigenvalue weighted by molar-refractivity contribution is 7.09. The summed E-state index contributed by atoms with van der Waals surface area (Å²) in [5.41, 5.74) is 3.07. The van der Waals surface area contributed by atoms with Crippen LogP contribution < -0.4 is 5.32 Å². The molecule has 3 nitrogen and oxygen atoms in total. The summed E-state index contributed by atoms with van der Waals surface area (Å²) in [6.07, 6.45) is 9.76. The van der Waals surface area contributed by atoms with Crippen molar-refractivity contribution in [2.45, 2.75) is 58.3 Å². The molecule has 0 atom stereocenters. The van der Waals surface area contributed by atoms with Gasteiger partial charge in [0.05, 0.1) is 11.2 Å². The number of nitrogens with zero attached hydrogens (tertiary/aromatic N) is 1. The van der Waals surface area contributed by atoms with Gasteiger partial charge in [-0.05, 0) is 76.0 Å². The quantitative estimate of drug-likeness (QED) is 0.841. The fourth-order valence-electron chi connectivity index (χ4n) is 5.59. The summed E-state index contributed by atoms with van der Waals surface area (Å²) in [5.74, 6) is 2.90. The van der Waals surface area contributed by atoms with Crippen LogP contribution in [0.1, 0.15) is 55.5 Å². The lowest BCUT2D eigenvalue weighted by Crippen LogP contribution is -2.53. The Morgan fingerprint density at radius 1 is 1.27 bits per heavy atom. The van der Waals surface area contributed by atoms with E-state index in [1.54, 1.807) is 11.3 Å². The van der Waals surface area contributed by atoms with E-state index in [9.17, 15) is 4.79 Å². The van der Waals surface area contributed by atoms with E-state index >= 15 is 0 Å². The van der Waals surface area contributed by atoms with E-state index in [4.69, 9.17) is 0 Å². The number of carbonyl (C=O) groups is 1. The maximum atomic E-state index is 12.8. The van der Waals surface area contributed by atoms with Gasteiger partial charge in [0.25, 0.3) is 0 Å². The third-order valence-electron chi connectivity index (χ3n) is 6.23. The number of thiazole rings is 1. The Kier molecular flexibility index (Phi) is 3.75. The SMILES string of the molecule is Cc1ncsc1CCCNC(=O)C12CC3CC(CC(C3)C1)C2. The Balaban J connectivity index is 1.30. The largest absolute Gasteiger partial charge is 0.356 e. The average Bonchev–Trinajstić information content (AvgIpc) is 2.87. The molecule has 1 aromatic heterocycles. The highest BCUT2D eigenvalue weighted by Gasteiger charge is 2.54. The van der Waals surface area contributed by atoms with Gasteiger partial charge in [0, 0.05) is 16.8 Å². The van der Waals surface area contributed by atoms with Crippen molar-refractivity contribution in [3.8, 4) is 0 Å². The first-order valence-corrected chi connectivity index (χ1v) is 9.70. The van der Waals surface area contributed by atoms with Crippen LogP contribution in [0.15, 0.2) is 5.51 Å². The molecule has 4 heteroatoms. The van der Waals surface area contributed by atoms with Crippen LogP contribution in [0.3, 0.4) is 0 Å². The lowest BCUT2D eigenvalue weighted by Gasteiger charge is -2.55. The molecule has 0 radical (unpaired) electrons. The number of aryl methyl sites for hydroxylation is 2. The van der Waals surface area contributed by atoms with E-state index < -0.39 is 0 Å². The molecular formula is C18H26N2OS. The zero-order valence-electron chi connectivity index (χ0n) is 13.4. The van der Waals surface area contributed by atoms with E-state index in [-0.39, 0.29) is 5.41 Å². The molecule has 4 aliphatic rings. The standard InChI is InChI=1S/C18H26N2OS/c1-12-16(22-11-20-12)3-2-4-19-17(21)18-8-13-5-14(9-18)7-15(6-13)10-18/h11,13-15H,2-10H2,1H3,(H,19,21). The molecule has 1 aromatic rings. The predicted molar refractivity (Wildman–Crippen MR) is 88.8 cm³/mol. The number of carbonyl (C=O) groups excluding carboxylic acids is 1. The highest BCUT2D eigenvalue weighted by Crippen LogP contribution is 2.60. The summed E-state index contributed by atoms with van der Waals surface area (Å²) in [7, 11) is 0. The van der Waals surface area contributed by atoms with Gasteiger partial charge in [-0.25, -0.2) is 4.98 Å². The Morgan fingerprint density at radius 3 is 2.45 bits per heavy atom. The second kappa shape index (κ2) is 5.63. The van der Waals surface area contributed by atoms with Crippen LogP contribution in [-0.4, -0.2) is 17.4 Å². The van der Waals surface area contributed by atoms with Gasteiger partial charge in [-0.2, -0.15) is 0 Å². The number of aromatic nitrogens is 1. The van der Waals surface area contributed by atoms with Gasteiger partial charge in [0.2, 0.25) is 5.91 Å². The molecule has 1 N–H and O–H groups in total. The zero-order chi connectivity index (χ0) is 15.2. The van der Waals surface area contributed by atoms with E-state index in [1.165, 1.54) is 43.4 Å². The van der Waals surface area contributed by atoms with Gasteiger partial charge < -0.3 is 5.32 Å². The second-order valence-electron chi connectivity index (χ2n) is 7.92. The minimum absolute atomic E-state index is 0.00908. The van der Waals surface area contributed by atoms with Gasteiger partial charge >= 0.3 is 0 Å². The first-order chi connectivity index (χ1) is 10.6. The van der Waals surface area contributed by atoms with Crippen molar-refractivity contribution in [3.05, 3.63) is 16.1 Å². The molecule has 120 valence electrons. The minimum atomic E-state index is 0.00908. The lowest BCUT2D eigenvalue weighted by molar-refractivity contribution is -0.146. The number of rotatable bonds is 5. The highest BCUT2D eigenvalue weighted by atomic mass is 32.1. The normalized spacial score (nSPS) is 35.8. The maximum Gasteiger partial charge on any atom is 0.226 e. The first-order valence-electron chi connectivity index (χ1n) is 8.82. The van der Waals surface area contributed by atoms with Crippen LogP contribution in [0.5, 0.6) is 0 Å². The van der Waals surface area contributed by atoms with E-state index in [2.05, 4.69) is 17.2 Å². The van der Waals surface area contributed by atoms with Crippen LogP contribution in [0, 0.1) is 30.1 Å². The van der Waals surface area contributed by atoms with Crippen molar-refractivity contribution < 1.29 is 4.79 Å². The molecule has 4 bridgehead atoms. The van der Waals surface area contributed by atoms with Crippen molar-refractivity contribution >= 4 is 17.2 Å². The molecule has 4 fully saturated rings. The van der Waals surface area contributed by atoms with Crippen LogP contribution in [0.4, 0.5) is 0 Å². The molecule has 4 aliphatic carbocycles. The summed E-state index contributed by atoms with van der Waals surface area (Å²) < 4.78 is 0. The summed E-state index contributed by atoms with van der Waals surface area (Å²) in [6, 6.07) is 0. The molecule has 4 saturated carbocycles. The van der Waals surface area contributed by atoms with E-state index in [1.807, 2.05) is 5.51 Å². The van der Waals surface area contributed by atoms with Crippen molar-refractivity contribution in [2.75, 3.05) is 6.54 Å². The van der Waals surface area contributed by atoms with Crippen LogP contribution >= 0.6 is 11.3 Å². The summed E-state index contributed by atoms with van der Waals surface area (Å²) in [4.78, 5) is 18.5.